The van der Waals surface area contributed by atoms with Crippen molar-refractivity contribution in [3.8, 4) is 0 Å². The van der Waals surface area contributed by atoms with Crippen LogP contribution >= 0.6 is 0 Å². The van der Waals surface area contributed by atoms with Crippen LogP contribution in [0.25, 0.3) is 0 Å². The highest BCUT2D eigenvalue weighted by molar-refractivity contribution is 5.09. The molecule has 1 heterocycles. The van der Waals surface area contributed by atoms with E-state index in [1.807, 2.05) is 4.68 Å². The predicted molar refractivity (Wildman–Crippen MR) is 52.6 cm³/mol. The second-order valence-electron chi connectivity index (χ2n) is 4.44. The standard InChI is InChI=1S/C10H17N3O/c1-3-6-13-8(7-11-12-13)9(14)10(2)4-5-10/h7,9,14H,3-6H2,1-2H3. The smallest absolute Gasteiger partial charge is 0.103 e. The summed E-state index contributed by atoms with van der Waals surface area (Å²) in [7, 11) is 0. The van der Waals surface area contributed by atoms with E-state index in [1.54, 1.807) is 6.20 Å². The molecular formula is C10H17N3O. The first-order valence-electron chi connectivity index (χ1n) is 5.24. The van der Waals surface area contributed by atoms with Crippen LogP contribution < -0.4 is 0 Å². The Kier molecular flexibility index (Phi) is 2.31. The SMILES string of the molecule is CCCn1nncc1C(O)C1(C)CC1. The summed E-state index contributed by atoms with van der Waals surface area (Å²) in [4.78, 5) is 0. The van der Waals surface area contributed by atoms with Gasteiger partial charge in [0.2, 0.25) is 0 Å². The van der Waals surface area contributed by atoms with Gasteiger partial charge in [0.05, 0.1) is 11.9 Å². The lowest BCUT2D eigenvalue weighted by atomic mass is 9.99. The Morgan fingerprint density at radius 3 is 2.93 bits per heavy atom. The molecule has 0 bridgehead atoms. The van der Waals surface area contributed by atoms with E-state index in [2.05, 4.69) is 24.2 Å². The maximum absolute atomic E-state index is 10.1. The minimum absolute atomic E-state index is 0.0766. The zero-order valence-electron chi connectivity index (χ0n) is 8.77. The lowest BCUT2D eigenvalue weighted by molar-refractivity contribution is 0.0940. The van der Waals surface area contributed by atoms with E-state index in [-0.39, 0.29) is 5.41 Å². The van der Waals surface area contributed by atoms with Crippen molar-refractivity contribution in [3.63, 3.8) is 0 Å². The molecule has 14 heavy (non-hydrogen) atoms. The molecule has 78 valence electrons. The number of aliphatic hydroxyl groups is 1. The number of hydrogen-bond acceptors (Lipinski definition) is 3. The molecule has 0 saturated heterocycles. The topological polar surface area (TPSA) is 50.9 Å². The third-order valence-corrected chi connectivity index (χ3v) is 3.06. The maximum atomic E-state index is 10.1. The molecule has 1 aliphatic rings. The van der Waals surface area contributed by atoms with Gasteiger partial charge in [-0.1, -0.05) is 19.1 Å². The van der Waals surface area contributed by atoms with Gasteiger partial charge in [-0.25, -0.2) is 4.68 Å². The summed E-state index contributed by atoms with van der Waals surface area (Å²) < 4.78 is 1.81. The Labute approximate surface area is 83.9 Å². The molecule has 4 nitrogen and oxygen atoms in total. The zero-order chi connectivity index (χ0) is 10.2. The van der Waals surface area contributed by atoms with Crippen LogP contribution in [0.3, 0.4) is 0 Å². The summed E-state index contributed by atoms with van der Waals surface area (Å²) >= 11 is 0. The number of hydrogen-bond donors (Lipinski definition) is 1. The fourth-order valence-corrected chi connectivity index (χ4v) is 1.69. The van der Waals surface area contributed by atoms with Crippen LogP contribution in [0.1, 0.15) is 44.9 Å². The number of aromatic nitrogens is 3. The third kappa shape index (κ3) is 1.54. The van der Waals surface area contributed by atoms with Crippen molar-refractivity contribution in [1.82, 2.24) is 15.0 Å². The molecule has 4 heteroatoms. The Hall–Kier alpha value is -0.900. The van der Waals surface area contributed by atoms with Crippen LogP contribution in [0.15, 0.2) is 6.20 Å². The van der Waals surface area contributed by atoms with Crippen LogP contribution in [-0.2, 0) is 6.54 Å². The highest BCUT2D eigenvalue weighted by Gasteiger charge is 2.46. The normalized spacial score (nSPS) is 20.8. The number of aliphatic hydroxyl groups excluding tert-OH is 1. The molecule has 1 saturated carbocycles. The maximum Gasteiger partial charge on any atom is 0.103 e. The molecule has 1 aromatic heterocycles. The van der Waals surface area contributed by atoms with Gasteiger partial charge in [-0.2, -0.15) is 0 Å². The molecule has 0 radical (unpaired) electrons. The Morgan fingerprint density at radius 2 is 2.36 bits per heavy atom. The lowest BCUT2D eigenvalue weighted by Gasteiger charge is -2.17. The summed E-state index contributed by atoms with van der Waals surface area (Å²) in [6.07, 6.45) is 4.50. The van der Waals surface area contributed by atoms with E-state index >= 15 is 0 Å². The average Bonchev–Trinajstić information content (AvgIpc) is 2.76. The monoisotopic (exact) mass is 195 g/mol. The van der Waals surface area contributed by atoms with Crippen molar-refractivity contribution in [2.24, 2.45) is 5.41 Å². The Bertz CT molecular complexity index is 317. The number of rotatable bonds is 4. The van der Waals surface area contributed by atoms with Gasteiger partial charge in [0.25, 0.3) is 0 Å². The van der Waals surface area contributed by atoms with Crippen LogP contribution in [0.2, 0.25) is 0 Å². The predicted octanol–water partition coefficient (Wildman–Crippen LogP) is 1.52. The molecule has 0 amide bonds. The van der Waals surface area contributed by atoms with Crippen molar-refractivity contribution in [2.75, 3.05) is 0 Å². The molecule has 0 aliphatic heterocycles. The summed E-state index contributed by atoms with van der Waals surface area (Å²) in [5, 5.41) is 17.9. The molecule has 1 N–H and O–H groups in total. The minimum atomic E-state index is -0.399. The van der Waals surface area contributed by atoms with E-state index in [9.17, 15) is 5.11 Å². The highest BCUT2D eigenvalue weighted by atomic mass is 16.3. The van der Waals surface area contributed by atoms with Crippen molar-refractivity contribution in [2.45, 2.75) is 45.8 Å². The van der Waals surface area contributed by atoms with Crippen molar-refractivity contribution < 1.29 is 5.11 Å². The van der Waals surface area contributed by atoms with E-state index in [0.29, 0.717) is 0 Å². The van der Waals surface area contributed by atoms with E-state index in [4.69, 9.17) is 0 Å². The van der Waals surface area contributed by atoms with Gasteiger partial charge >= 0.3 is 0 Å². The fourth-order valence-electron chi connectivity index (χ4n) is 1.69. The van der Waals surface area contributed by atoms with Crippen LogP contribution in [0, 0.1) is 5.41 Å². The largest absolute Gasteiger partial charge is 0.386 e. The second-order valence-corrected chi connectivity index (χ2v) is 4.44. The van der Waals surface area contributed by atoms with Crippen molar-refractivity contribution in [1.29, 1.82) is 0 Å². The molecule has 0 aromatic carbocycles. The number of aryl methyl sites for hydroxylation is 1. The fraction of sp³-hybridized carbons (Fsp3) is 0.800. The van der Waals surface area contributed by atoms with Gasteiger partial charge < -0.3 is 5.11 Å². The summed E-state index contributed by atoms with van der Waals surface area (Å²) in [6.45, 7) is 5.04. The Morgan fingerprint density at radius 1 is 1.64 bits per heavy atom. The zero-order valence-corrected chi connectivity index (χ0v) is 8.77. The molecule has 1 fully saturated rings. The minimum Gasteiger partial charge on any atom is -0.386 e. The molecule has 1 aliphatic carbocycles. The molecular weight excluding hydrogens is 178 g/mol. The molecule has 1 aromatic rings. The first-order chi connectivity index (χ1) is 6.67. The Balaban J connectivity index is 2.18. The van der Waals surface area contributed by atoms with E-state index < -0.39 is 6.10 Å². The van der Waals surface area contributed by atoms with Crippen molar-refractivity contribution >= 4 is 0 Å². The van der Waals surface area contributed by atoms with Gasteiger partial charge in [0.1, 0.15) is 6.10 Å². The summed E-state index contributed by atoms with van der Waals surface area (Å²) in [5.41, 5.74) is 0.944. The quantitative estimate of drug-likeness (QED) is 0.792. The van der Waals surface area contributed by atoms with Crippen LogP contribution in [-0.4, -0.2) is 20.1 Å². The average molecular weight is 195 g/mol. The molecule has 0 spiro atoms. The van der Waals surface area contributed by atoms with E-state index in [1.165, 1.54) is 0 Å². The molecule has 1 atom stereocenters. The van der Waals surface area contributed by atoms with Crippen LogP contribution in [0.4, 0.5) is 0 Å². The van der Waals surface area contributed by atoms with Crippen molar-refractivity contribution in [3.05, 3.63) is 11.9 Å². The first kappa shape index (κ1) is 9.65. The van der Waals surface area contributed by atoms with Gasteiger partial charge in [-0.05, 0) is 24.7 Å². The van der Waals surface area contributed by atoms with E-state index in [0.717, 1.165) is 31.5 Å². The summed E-state index contributed by atoms with van der Waals surface area (Å²) in [5.74, 6) is 0. The lowest BCUT2D eigenvalue weighted by Crippen LogP contribution is -2.15. The first-order valence-corrected chi connectivity index (χ1v) is 5.24. The van der Waals surface area contributed by atoms with Crippen LogP contribution in [0.5, 0.6) is 0 Å². The number of nitrogens with zero attached hydrogens (tertiary/aromatic N) is 3. The molecule has 1 unspecified atom stereocenters. The second kappa shape index (κ2) is 3.35. The van der Waals surface area contributed by atoms with Gasteiger partial charge in [-0.15, -0.1) is 5.10 Å². The van der Waals surface area contributed by atoms with Gasteiger partial charge in [0.15, 0.2) is 0 Å². The van der Waals surface area contributed by atoms with Gasteiger partial charge in [-0.3, -0.25) is 0 Å². The summed E-state index contributed by atoms with van der Waals surface area (Å²) in [6, 6.07) is 0. The third-order valence-electron chi connectivity index (χ3n) is 3.06. The van der Waals surface area contributed by atoms with Gasteiger partial charge in [0, 0.05) is 6.54 Å². The highest BCUT2D eigenvalue weighted by Crippen LogP contribution is 2.54. The molecule has 2 rings (SSSR count).